The highest BCUT2D eigenvalue weighted by Crippen LogP contribution is 2.36. The van der Waals surface area contributed by atoms with Crippen LogP contribution in [0.25, 0.3) is 0 Å². The average molecular weight is 410 g/mol. The summed E-state index contributed by atoms with van der Waals surface area (Å²) in [5.74, 6) is 0.437. The molecule has 2 rings (SSSR count). The Labute approximate surface area is 153 Å². The Bertz CT molecular complexity index is 855. The minimum Gasteiger partial charge on any atom is -0.491 e. The molecule has 26 heavy (non-hydrogen) atoms. The molecule has 0 bridgehead atoms. The van der Waals surface area contributed by atoms with Gasteiger partial charge in [-0.3, -0.25) is 4.72 Å². The van der Waals surface area contributed by atoms with Crippen molar-refractivity contribution in [1.29, 1.82) is 0 Å². The van der Waals surface area contributed by atoms with Gasteiger partial charge < -0.3 is 9.47 Å². The minimum absolute atomic E-state index is 0.125. The maximum absolute atomic E-state index is 12.9. The fourth-order valence-corrected chi connectivity index (χ4v) is 3.25. The second-order valence-corrected chi connectivity index (χ2v) is 7.20. The van der Waals surface area contributed by atoms with Gasteiger partial charge in [-0.25, -0.2) is 8.42 Å². The van der Waals surface area contributed by atoms with Crippen LogP contribution in [-0.4, -0.2) is 28.7 Å². The number of nitrogens with one attached hydrogen (secondary N) is 1. The van der Waals surface area contributed by atoms with Crippen molar-refractivity contribution in [2.24, 2.45) is 0 Å². The molecule has 2 aromatic carbocycles. The van der Waals surface area contributed by atoms with E-state index in [4.69, 9.17) is 21.1 Å². The molecular weight excluding hydrogens is 395 g/mol. The van der Waals surface area contributed by atoms with E-state index in [2.05, 4.69) is 4.72 Å². The molecule has 10 heteroatoms. The van der Waals surface area contributed by atoms with E-state index in [0.29, 0.717) is 25.0 Å². The fraction of sp³-hybridized carbons (Fsp3) is 0.250. The maximum Gasteiger partial charge on any atom is 0.417 e. The normalized spacial score (nSPS) is 12.0. The number of anilines is 1. The second kappa shape index (κ2) is 8.15. The van der Waals surface area contributed by atoms with Gasteiger partial charge in [0.1, 0.15) is 12.4 Å². The lowest BCUT2D eigenvalue weighted by molar-refractivity contribution is -0.137. The lowest BCUT2D eigenvalue weighted by atomic mass is 10.2. The van der Waals surface area contributed by atoms with Gasteiger partial charge in [-0.05, 0) is 42.5 Å². The largest absolute Gasteiger partial charge is 0.491 e. The third-order valence-electron chi connectivity index (χ3n) is 3.21. The van der Waals surface area contributed by atoms with E-state index in [0.717, 1.165) is 12.1 Å². The van der Waals surface area contributed by atoms with Gasteiger partial charge in [-0.2, -0.15) is 13.2 Å². The number of benzene rings is 2. The standard InChI is InChI=1S/C16H15ClF3NO4S/c1-24-8-9-25-12-3-5-13(6-4-12)26(22,23)21-11-2-7-15(17)14(10-11)16(18,19)20/h2-7,10,21H,8-9H2,1H3. The topological polar surface area (TPSA) is 64.6 Å². The van der Waals surface area contributed by atoms with E-state index in [1.165, 1.54) is 31.4 Å². The van der Waals surface area contributed by atoms with E-state index in [1.54, 1.807) is 0 Å². The number of hydrogen-bond acceptors (Lipinski definition) is 4. The lowest BCUT2D eigenvalue weighted by Gasteiger charge is -2.13. The molecule has 0 fully saturated rings. The number of rotatable bonds is 7. The lowest BCUT2D eigenvalue weighted by Crippen LogP contribution is -2.14. The highest BCUT2D eigenvalue weighted by Gasteiger charge is 2.33. The van der Waals surface area contributed by atoms with Crippen LogP contribution in [-0.2, 0) is 20.9 Å². The summed E-state index contributed by atoms with van der Waals surface area (Å²) in [6, 6.07) is 8.21. The molecule has 0 saturated heterocycles. The third kappa shape index (κ3) is 5.26. The molecule has 2 aromatic rings. The minimum atomic E-state index is -4.69. The number of hydrogen-bond donors (Lipinski definition) is 1. The Balaban J connectivity index is 2.18. The summed E-state index contributed by atoms with van der Waals surface area (Å²) in [7, 11) is -2.55. The zero-order valence-corrected chi connectivity index (χ0v) is 15.1. The second-order valence-electron chi connectivity index (χ2n) is 5.11. The van der Waals surface area contributed by atoms with Crippen LogP contribution in [0.2, 0.25) is 5.02 Å². The maximum atomic E-state index is 12.9. The monoisotopic (exact) mass is 409 g/mol. The van der Waals surface area contributed by atoms with Crippen LogP contribution in [0.15, 0.2) is 47.4 Å². The first-order chi connectivity index (χ1) is 12.1. The highest BCUT2D eigenvalue weighted by molar-refractivity contribution is 7.92. The number of methoxy groups -OCH3 is 1. The Kier molecular flexibility index (Phi) is 6.38. The van der Waals surface area contributed by atoms with Crippen LogP contribution < -0.4 is 9.46 Å². The van der Waals surface area contributed by atoms with Crippen LogP contribution in [0.1, 0.15) is 5.56 Å². The van der Waals surface area contributed by atoms with Crippen molar-refractivity contribution in [2.75, 3.05) is 25.0 Å². The molecule has 0 aliphatic carbocycles. The van der Waals surface area contributed by atoms with Crippen molar-refractivity contribution in [3.8, 4) is 5.75 Å². The smallest absolute Gasteiger partial charge is 0.417 e. The number of ether oxygens (including phenoxy) is 2. The summed E-state index contributed by atoms with van der Waals surface area (Å²) in [6.45, 7) is 0.672. The van der Waals surface area contributed by atoms with Crippen LogP contribution in [0.3, 0.4) is 0 Å². The van der Waals surface area contributed by atoms with Crippen molar-refractivity contribution in [3.05, 3.63) is 53.1 Å². The molecule has 0 spiro atoms. The van der Waals surface area contributed by atoms with Gasteiger partial charge in [0, 0.05) is 12.8 Å². The van der Waals surface area contributed by atoms with Crippen molar-refractivity contribution >= 4 is 27.3 Å². The van der Waals surface area contributed by atoms with Gasteiger partial charge in [0.25, 0.3) is 10.0 Å². The van der Waals surface area contributed by atoms with Crippen LogP contribution in [0, 0.1) is 0 Å². The molecule has 0 atom stereocenters. The van der Waals surface area contributed by atoms with Crippen LogP contribution in [0.5, 0.6) is 5.75 Å². The molecule has 0 aliphatic heterocycles. The van der Waals surface area contributed by atoms with Crippen LogP contribution in [0.4, 0.5) is 18.9 Å². The Morgan fingerprint density at radius 2 is 1.73 bits per heavy atom. The predicted molar refractivity (Wildman–Crippen MR) is 91.1 cm³/mol. The molecule has 142 valence electrons. The summed E-state index contributed by atoms with van der Waals surface area (Å²) in [5.41, 5.74) is -1.37. The van der Waals surface area contributed by atoms with Gasteiger partial charge in [0.2, 0.25) is 0 Å². The van der Waals surface area contributed by atoms with Crippen molar-refractivity contribution in [2.45, 2.75) is 11.1 Å². The molecule has 0 aliphatic rings. The molecule has 0 unspecified atom stereocenters. The summed E-state index contributed by atoms with van der Waals surface area (Å²) in [4.78, 5) is -0.125. The first kappa shape index (κ1) is 20.3. The van der Waals surface area contributed by atoms with Gasteiger partial charge in [0.15, 0.2) is 0 Å². The zero-order chi connectivity index (χ0) is 19.4. The number of alkyl halides is 3. The Morgan fingerprint density at radius 1 is 1.08 bits per heavy atom. The van der Waals surface area contributed by atoms with E-state index >= 15 is 0 Å². The van der Waals surface area contributed by atoms with Crippen molar-refractivity contribution in [3.63, 3.8) is 0 Å². The van der Waals surface area contributed by atoms with Crippen molar-refractivity contribution in [1.82, 2.24) is 0 Å². The van der Waals surface area contributed by atoms with Gasteiger partial charge in [0.05, 0.1) is 22.1 Å². The quantitative estimate of drug-likeness (QED) is 0.696. The van der Waals surface area contributed by atoms with Gasteiger partial charge in [-0.15, -0.1) is 0 Å². The molecule has 0 heterocycles. The average Bonchev–Trinajstić information content (AvgIpc) is 2.56. The molecule has 0 aromatic heterocycles. The van der Waals surface area contributed by atoms with Gasteiger partial charge >= 0.3 is 6.18 Å². The molecule has 1 N–H and O–H groups in total. The SMILES string of the molecule is COCCOc1ccc(S(=O)(=O)Nc2ccc(Cl)c(C(F)(F)F)c2)cc1. The van der Waals surface area contributed by atoms with E-state index in [1.807, 2.05) is 0 Å². The van der Waals surface area contributed by atoms with Gasteiger partial charge in [-0.1, -0.05) is 11.6 Å². The molecule has 0 amide bonds. The summed E-state index contributed by atoms with van der Waals surface area (Å²) in [5, 5.41) is -0.516. The molecular formula is C16H15ClF3NO4S. The van der Waals surface area contributed by atoms with Crippen LogP contribution >= 0.6 is 11.6 Å². The highest BCUT2D eigenvalue weighted by atomic mass is 35.5. The number of sulfonamides is 1. The summed E-state index contributed by atoms with van der Waals surface area (Å²) < 4.78 is 75.5. The fourth-order valence-electron chi connectivity index (χ4n) is 1.98. The Hall–Kier alpha value is -1.97. The molecule has 5 nitrogen and oxygen atoms in total. The van der Waals surface area contributed by atoms with Crippen molar-refractivity contribution < 1.29 is 31.1 Å². The first-order valence-electron chi connectivity index (χ1n) is 7.25. The van der Waals surface area contributed by atoms with E-state index < -0.39 is 26.8 Å². The number of halogens is 4. The third-order valence-corrected chi connectivity index (χ3v) is 4.94. The van der Waals surface area contributed by atoms with E-state index in [-0.39, 0.29) is 10.6 Å². The first-order valence-corrected chi connectivity index (χ1v) is 9.11. The molecule has 0 radical (unpaired) electrons. The summed E-state index contributed by atoms with van der Waals surface area (Å²) >= 11 is 5.52. The van der Waals surface area contributed by atoms with E-state index in [9.17, 15) is 21.6 Å². The summed E-state index contributed by atoms with van der Waals surface area (Å²) in [6.07, 6.45) is -4.69. The molecule has 0 saturated carbocycles. The zero-order valence-electron chi connectivity index (χ0n) is 13.5. The predicted octanol–water partition coefficient (Wildman–Crippen LogP) is 4.18. The Morgan fingerprint density at radius 3 is 2.31 bits per heavy atom.